The first kappa shape index (κ1) is 18.0. The molecule has 0 atom stereocenters. The molecule has 0 saturated heterocycles. The van der Waals surface area contributed by atoms with Crippen LogP contribution in [0.4, 0.5) is 0 Å². The number of carbonyl (C=O) groups excluding carboxylic acids is 2. The van der Waals surface area contributed by atoms with Crippen molar-refractivity contribution in [2.24, 2.45) is 0 Å². The van der Waals surface area contributed by atoms with Gasteiger partial charge in [0.25, 0.3) is 0 Å². The number of aromatic hydroxyl groups is 1. The molecule has 1 N–H and O–H groups in total. The van der Waals surface area contributed by atoms with Crippen LogP contribution in [-0.2, 0) is 0 Å². The number of benzene rings is 2. The van der Waals surface area contributed by atoms with Crippen molar-refractivity contribution in [1.82, 2.24) is 4.57 Å². The van der Waals surface area contributed by atoms with E-state index in [2.05, 4.69) is 0 Å². The first-order valence-electron chi connectivity index (χ1n) is 6.30. The van der Waals surface area contributed by atoms with Crippen LogP contribution in [0.15, 0.2) is 36.4 Å². The Morgan fingerprint density at radius 1 is 1.00 bits per heavy atom. The van der Waals surface area contributed by atoms with Gasteiger partial charge >= 0.3 is 29.6 Å². The summed E-state index contributed by atoms with van der Waals surface area (Å²) in [6, 6.07) is 9.66. The third kappa shape index (κ3) is 2.93. The molecule has 0 radical (unpaired) electrons. The molecule has 2 aromatic carbocycles. The van der Waals surface area contributed by atoms with E-state index in [1.807, 2.05) is 0 Å². The summed E-state index contributed by atoms with van der Waals surface area (Å²) in [5.41, 5.74) is 1.35. The summed E-state index contributed by atoms with van der Waals surface area (Å²) in [5, 5.41) is 11.5. The van der Waals surface area contributed by atoms with Crippen molar-refractivity contribution in [1.29, 1.82) is 0 Å². The third-order valence-corrected chi connectivity index (χ3v) is 4.03. The molecule has 0 saturated carbocycles. The maximum Gasteiger partial charge on any atom is 1.00 e. The fourth-order valence-electron chi connectivity index (χ4n) is 2.43. The van der Waals surface area contributed by atoms with Gasteiger partial charge in [-0.05, 0) is 18.2 Å². The zero-order chi connectivity index (χ0) is 15.9. The average molecular weight is 357 g/mol. The second-order valence-corrected chi connectivity index (χ2v) is 5.47. The number of hydrogen-bond donors (Lipinski definition) is 1. The maximum absolute atomic E-state index is 11.3. The van der Waals surface area contributed by atoms with E-state index in [1.54, 1.807) is 36.4 Å². The minimum Gasteiger partial charge on any atom is -0.494 e. The van der Waals surface area contributed by atoms with Gasteiger partial charge in [-0.1, -0.05) is 41.4 Å². The van der Waals surface area contributed by atoms with E-state index in [-0.39, 0.29) is 41.0 Å². The van der Waals surface area contributed by atoms with Gasteiger partial charge in [0.2, 0.25) is 5.88 Å². The van der Waals surface area contributed by atoms with Crippen LogP contribution < -0.4 is 29.6 Å². The average Bonchev–Trinajstić information content (AvgIpc) is 2.78. The molecule has 0 aliphatic heterocycles. The quantitative estimate of drug-likeness (QED) is 0.568. The van der Waals surface area contributed by atoms with Crippen LogP contribution in [0.5, 0.6) is 5.88 Å². The predicted octanol–water partition coefficient (Wildman–Crippen LogP) is 1.27. The minimum absolute atomic E-state index is 0. The van der Waals surface area contributed by atoms with Gasteiger partial charge in [0.15, 0.2) is 6.29 Å². The summed E-state index contributed by atoms with van der Waals surface area (Å²) in [7, 11) is 0. The molecule has 3 aromatic rings. The van der Waals surface area contributed by atoms with Gasteiger partial charge in [0.1, 0.15) is 6.29 Å². The Labute approximate surface area is 163 Å². The van der Waals surface area contributed by atoms with Gasteiger partial charge in [0, 0.05) is 10.9 Å². The maximum atomic E-state index is 11.3. The van der Waals surface area contributed by atoms with Gasteiger partial charge in [-0.15, -0.1) is 0 Å². The van der Waals surface area contributed by atoms with Gasteiger partial charge in [0.05, 0.1) is 26.8 Å². The van der Waals surface area contributed by atoms with E-state index in [0.717, 1.165) is 0 Å². The van der Waals surface area contributed by atoms with E-state index in [4.69, 9.17) is 23.2 Å². The standard InChI is InChI=1S/C16H9Cl2NO3.Na/c17-12-2-1-3-13(18)15(12)19-14-6-9(7-20)4-5-10(14)11(8-21)16(19)22;/h1-8,22H;/q;+1. The first-order chi connectivity index (χ1) is 10.6. The zero-order valence-corrected chi connectivity index (χ0v) is 15.6. The number of nitrogens with zero attached hydrogens (tertiary/aromatic N) is 1. The van der Waals surface area contributed by atoms with Crippen molar-refractivity contribution >= 4 is 46.7 Å². The summed E-state index contributed by atoms with van der Waals surface area (Å²) < 4.78 is 1.37. The van der Waals surface area contributed by atoms with Crippen molar-refractivity contribution in [3.63, 3.8) is 0 Å². The van der Waals surface area contributed by atoms with E-state index in [1.165, 1.54) is 4.57 Å². The van der Waals surface area contributed by atoms with Crippen LogP contribution in [0.2, 0.25) is 10.0 Å². The van der Waals surface area contributed by atoms with E-state index < -0.39 is 0 Å². The molecule has 0 spiro atoms. The van der Waals surface area contributed by atoms with E-state index in [9.17, 15) is 14.7 Å². The van der Waals surface area contributed by atoms with Crippen molar-refractivity contribution < 1.29 is 44.3 Å². The molecule has 3 rings (SSSR count). The molecule has 0 fully saturated rings. The number of fused-ring (bicyclic) bond motifs is 1. The Bertz CT molecular complexity index is 901. The Morgan fingerprint density at radius 2 is 1.65 bits per heavy atom. The van der Waals surface area contributed by atoms with Crippen LogP contribution in [0, 0.1) is 0 Å². The number of aromatic nitrogens is 1. The Hall–Kier alpha value is -1.30. The predicted molar refractivity (Wildman–Crippen MR) is 85.7 cm³/mol. The van der Waals surface area contributed by atoms with Crippen LogP contribution in [-0.4, -0.2) is 22.2 Å². The SMILES string of the molecule is O=Cc1ccc2c(C=O)c(O)n(-c3c(Cl)cccc3Cl)c2c1.[Na+]. The molecule has 0 bridgehead atoms. The van der Waals surface area contributed by atoms with Gasteiger partial charge in [-0.3, -0.25) is 14.2 Å². The molecule has 1 heterocycles. The molecule has 0 unspecified atom stereocenters. The number of halogens is 2. The van der Waals surface area contributed by atoms with Crippen LogP contribution in [0.1, 0.15) is 20.7 Å². The Balaban J connectivity index is 0.00000192. The normalized spacial score (nSPS) is 10.3. The first-order valence-corrected chi connectivity index (χ1v) is 7.06. The second-order valence-electron chi connectivity index (χ2n) is 4.66. The number of rotatable bonds is 3. The van der Waals surface area contributed by atoms with Crippen molar-refractivity contribution in [2.45, 2.75) is 0 Å². The molecule has 4 nitrogen and oxygen atoms in total. The molecule has 110 valence electrons. The summed E-state index contributed by atoms with van der Waals surface area (Å²) >= 11 is 12.4. The van der Waals surface area contributed by atoms with Crippen LogP contribution in [0.3, 0.4) is 0 Å². The smallest absolute Gasteiger partial charge is 0.494 e. The topological polar surface area (TPSA) is 59.3 Å². The molecule has 0 aliphatic rings. The molecule has 0 amide bonds. The fraction of sp³-hybridized carbons (Fsp3) is 0. The second kappa shape index (κ2) is 7.07. The van der Waals surface area contributed by atoms with Crippen LogP contribution >= 0.6 is 23.2 Å². The van der Waals surface area contributed by atoms with Crippen LogP contribution in [0.25, 0.3) is 16.6 Å². The molecular weight excluding hydrogens is 348 g/mol. The summed E-state index contributed by atoms with van der Waals surface area (Å²) in [5.74, 6) is -0.275. The zero-order valence-electron chi connectivity index (χ0n) is 12.1. The Kier molecular flexibility index (Phi) is 5.55. The third-order valence-electron chi connectivity index (χ3n) is 3.42. The fourth-order valence-corrected chi connectivity index (χ4v) is 3.00. The molecule has 7 heteroatoms. The monoisotopic (exact) mass is 356 g/mol. The Morgan fingerprint density at radius 3 is 2.22 bits per heavy atom. The summed E-state index contributed by atoms with van der Waals surface area (Å²) in [4.78, 5) is 22.3. The van der Waals surface area contributed by atoms with Gasteiger partial charge in [-0.25, -0.2) is 0 Å². The molecule has 1 aromatic heterocycles. The summed E-state index contributed by atoms with van der Waals surface area (Å²) in [6.07, 6.45) is 1.24. The number of hydrogen-bond acceptors (Lipinski definition) is 3. The number of para-hydroxylation sites is 1. The van der Waals surface area contributed by atoms with Crippen molar-refractivity contribution in [2.75, 3.05) is 0 Å². The molecular formula is C16H9Cl2NNaO3+. The van der Waals surface area contributed by atoms with E-state index >= 15 is 0 Å². The minimum atomic E-state index is -0.275. The number of aldehydes is 2. The molecule has 0 aliphatic carbocycles. The van der Waals surface area contributed by atoms with Gasteiger partial charge < -0.3 is 5.11 Å². The largest absolute Gasteiger partial charge is 1.00 e. The van der Waals surface area contributed by atoms with Gasteiger partial charge in [-0.2, -0.15) is 0 Å². The van der Waals surface area contributed by atoms with Crippen molar-refractivity contribution in [3.8, 4) is 11.6 Å². The van der Waals surface area contributed by atoms with E-state index in [0.29, 0.717) is 44.8 Å². The number of carbonyl (C=O) groups is 2. The van der Waals surface area contributed by atoms with Crippen molar-refractivity contribution in [3.05, 3.63) is 57.6 Å². The molecule has 23 heavy (non-hydrogen) atoms. The summed E-state index contributed by atoms with van der Waals surface area (Å²) in [6.45, 7) is 0.